The normalized spacial score (nSPS) is 10.5. The van der Waals surface area contributed by atoms with Crippen LogP contribution in [0.1, 0.15) is 16.1 Å². The number of fused-ring (bicyclic) bond motifs is 1. The molecule has 0 aliphatic carbocycles. The fourth-order valence-corrected chi connectivity index (χ4v) is 2.66. The molecule has 0 spiro atoms. The van der Waals surface area contributed by atoms with Crippen molar-refractivity contribution in [1.29, 1.82) is 0 Å². The number of rotatable bonds is 5. The fourth-order valence-electron chi connectivity index (χ4n) is 2.66. The SMILES string of the molecule is C=CCn1c(C(=O)NCc2ccccc2)cc2ccccc2c1=O. The van der Waals surface area contributed by atoms with Crippen molar-refractivity contribution in [1.82, 2.24) is 9.88 Å². The molecule has 0 aliphatic heterocycles. The monoisotopic (exact) mass is 318 g/mol. The molecule has 120 valence electrons. The first-order valence-corrected chi connectivity index (χ1v) is 7.76. The van der Waals surface area contributed by atoms with Crippen molar-refractivity contribution in [2.24, 2.45) is 0 Å². The van der Waals surface area contributed by atoms with Crippen molar-refractivity contribution in [2.75, 3.05) is 0 Å². The summed E-state index contributed by atoms with van der Waals surface area (Å²) >= 11 is 0. The lowest BCUT2D eigenvalue weighted by molar-refractivity contribution is 0.0941. The van der Waals surface area contributed by atoms with E-state index in [2.05, 4.69) is 11.9 Å². The lowest BCUT2D eigenvalue weighted by Crippen LogP contribution is -2.32. The van der Waals surface area contributed by atoms with Gasteiger partial charge in [-0.25, -0.2) is 0 Å². The molecule has 0 radical (unpaired) electrons. The Kier molecular flexibility index (Phi) is 4.57. The van der Waals surface area contributed by atoms with Gasteiger partial charge in [0.2, 0.25) is 0 Å². The summed E-state index contributed by atoms with van der Waals surface area (Å²) in [7, 11) is 0. The van der Waals surface area contributed by atoms with Crippen LogP contribution in [-0.4, -0.2) is 10.5 Å². The first-order valence-electron chi connectivity index (χ1n) is 7.76. The summed E-state index contributed by atoms with van der Waals surface area (Å²) in [6, 6.07) is 18.7. The van der Waals surface area contributed by atoms with Gasteiger partial charge in [0.05, 0.1) is 0 Å². The minimum atomic E-state index is -0.274. The van der Waals surface area contributed by atoms with Crippen molar-refractivity contribution in [3.05, 3.63) is 94.9 Å². The molecule has 2 aromatic carbocycles. The largest absolute Gasteiger partial charge is 0.347 e. The molecule has 24 heavy (non-hydrogen) atoms. The van der Waals surface area contributed by atoms with Crippen LogP contribution in [0, 0.1) is 0 Å². The van der Waals surface area contributed by atoms with Gasteiger partial charge in [-0.15, -0.1) is 6.58 Å². The number of nitrogens with one attached hydrogen (secondary N) is 1. The maximum atomic E-state index is 12.7. The molecule has 0 aliphatic rings. The van der Waals surface area contributed by atoms with Crippen molar-refractivity contribution in [2.45, 2.75) is 13.1 Å². The van der Waals surface area contributed by atoms with Crippen molar-refractivity contribution in [3.63, 3.8) is 0 Å². The molecule has 1 amide bonds. The highest BCUT2D eigenvalue weighted by atomic mass is 16.2. The summed E-state index contributed by atoms with van der Waals surface area (Å²) in [5.74, 6) is -0.274. The molecule has 4 heteroatoms. The summed E-state index contributed by atoms with van der Waals surface area (Å²) in [6.07, 6.45) is 1.62. The Balaban J connectivity index is 1.97. The number of aromatic nitrogens is 1. The highest BCUT2D eigenvalue weighted by molar-refractivity contribution is 5.96. The standard InChI is InChI=1S/C20H18N2O2/c1-2-12-22-18(13-16-10-6-7-11-17(16)20(22)24)19(23)21-14-15-8-4-3-5-9-15/h2-11,13H,1,12,14H2,(H,21,23). The number of pyridine rings is 1. The lowest BCUT2D eigenvalue weighted by atomic mass is 10.1. The zero-order valence-corrected chi connectivity index (χ0v) is 13.2. The zero-order chi connectivity index (χ0) is 16.9. The number of allylic oxidation sites excluding steroid dienone is 1. The number of hydrogen-bond donors (Lipinski definition) is 1. The van der Waals surface area contributed by atoms with Gasteiger partial charge in [0.25, 0.3) is 11.5 Å². The first-order chi connectivity index (χ1) is 11.7. The van der Waals surface area contributed by atoms with Crippen LogP contribution in [0.15, 0.2) is 78.1 Å². The van der Waals surface area contributed by atoms with E-state index in [-0.39, 0.29) is 18.0 Å². The van der Waals surface area contributed by atoms with E-state index in [1.807, 2.05) is 48.5 Å². The Morgan fingerprint density at radius 2 is 1.79 bits per heavy atom. The molecule has 1 N–H and O–H groups in total. The molecule has 3 aromatic rings. The van der Waals surface area contributed by atoms with Crippen LogP contribution < -0.4 is 10.9 Å². The number of carbonyl (C=O) groups excluding carboxylic acids is 1. The van der Waals surface area contributed by atoms with E-state index >= 15 is 0 Å². The van der Waals surface area contributed by atoms with Crippen LogP contribution in [0.2, 0.25) is 0 Å². The highest BCUT2D eigenvalue weighted by Crippen LogP contribution is 2.12. The Labute approximate surface area is 140 Å². The summed E-state index contributed by atoms with van der Waals surface area (Å²) < 4.78 is 1.45. The third kappa shape index (κ3) is 3.13. The Bertz CT molecular complexity index is 943. The molecular formula is C20H18N2O2. The van der Waals surface area contributed by atoms with E-state index in [1.54, 1.807) is 18.2 Å². The zero-order valence-electron chi connectivity index (χ0n) is 13.2. The van der Waals surface area contributed by atoms with Crippen LogP contribution in [-0.2, 0) is 13.1 Å². The average Bonchev–Trinajstić information content (AvgIpc) is 2.63. The Morgan fingerprint density at radius 1 is 1.08 bits per heavy atom. The van der Waals surface area contributed by atoms with Gasteiger partial charge in [-0.05, 0) is 23.1 Å². The second-order valence-electron chi connectivity index (χ2n) is 5.49. The van der Waals surface area contributed by atoms with Crippen LogP contribution in [0.3, 0.4) is 0 Å². The van der Waals surface area contributed by atoms with Gasteiger partial charge in [-0.1, -0.05) is 54.6 Å². The number of nitrogens with zero attached hydrogens (tertiary/aromatic N) is 1. The average molecular weight is 318 g/mol. The molecule has 0 saturated heterocycles. The van der Waals surface area contributed by atoms with Crippen LogP contribution in [0.25, 0.3) is 10.8 Å². The van der Waals surface area contributed by atoms with Gasteiger partial charge in [0.1, 0.15) is 5.69 Å². The van der Waals surface area contributed by atoms with Crippen molar-refractivity contribution < 1.29 is 4.79 Å². The first kappa shape index (κ1) is 15.7. The summed E-state index contributed by atoms with van der Waals surface area (Å²) in [5, 5.41) is 4.23. The summed E-state index contributed by atoms with van der Waals surface area (Å²) in [5.41, 5.74) is 1.16. The number of benzene rings is 2. The maximum Gasteiger partial charge on any atom is 0.268 e. The smallest absolute Gasteiger partial charge is 0.268 e. The second-order valence-corrected chi connectivity index (χ2v) is 5.49. The molecule has 0 unspecified atom stereocenters. The molecule has 3 rings (SSSR count). The number of carbonyl (C=O) groups is 1. The van der Waals surface area contributed by atoms with E-state index < -0.39 is 0 Å². The van der Waals surface area contributed by atoms with E-state index in [1.165, 1.54) is 4.57 Å². The third-order valence-electron chi connectivity index (χ3n) is 3.86. The van der Waals surface area contributed by atoms with Gasteiger partial charge in [-0.2, -0.15) is 0 Å². The number of amides is 1. The molecule has 1 aromatic heterocycles. The minimum Gasteiger partial charge on any atom is -0.347 e. The Morgan fingerprint density at radius 3 is 2.54 bits per heavy atom. The summed E-state index contributed by atoms with van der Waals surface area (Å²) in [4.78, 5) is 25.3. The molecule has 1 heterocycles. The quantitative estimate of drug-likeness (QED) is 0.735. The topological polar surface area (TPSA) is 51.1 Å². The van der Waals surface area contributed by atoms with Crippen LogP contribution in [0.5, 0.6) is 0 Å². The molecule has 0 atom stereocenters. The predicted octanol–water partition coefficient (Wildman–Crippen LogP) is 3.12. The third-order valence-corrected chi connectivity index (χ3v) is 3.86. The van der Waals surface area contributed by atoms with E-state index in [0.717, 1.165) is 10.9 Å². The van der Waals surface area contributed by atoms with Crippen molar-refractivity contribution >= 4 is 16.7 Å². The fraction of sp³-hybridized carbons (Fsp3) is 0.100. The van der Waals surface area contributed by atoms with E-state index in [4.69, 9.17) is 0 Å². The maximum absolute atomic E-state index is 12.7. The van der Waals surface area contributed by atoms with Crippen molar-refractivity contribution in [3.8, 4) is 0 Å². The molecule has 0 bridgehead atoms. The van der Waals surface area contributed by atoms with E-state index in [9.17, 15) is 9.59 Å². The van der Waals surface area contributed by atoms with Gasteiger partial charge in [0, 0.05) is 18.5 Å². The number of hydrogen-bond acceptors (Lipinski definition) is 2. The lowest BCUT2D eigenvalue weighted by Gasteiger charge is -2.13. The predicted molar refractivity (Wildman–Crippen MR) is 96.0 cm³/mol. The molecule has 0 saturated carbocycles. The van der Waals surface area contributed by atoms with Gasteiger partial charge >= 0.3 is 0 Å². The van der Waals surface area contributed by atoms with Gasteiger partial charge in [0.15, 0.2) is 0 Å². The second kappa shape index (κ2) is 6.96. The summed E-state index contributed by atoms with van der Waals surface area (Å²) in [6.45, 7) is 4.38. The Hall–Kier alpha value is -3.14. The van der Waals surface area contributed by atoms with Gasteiger partial charge in [-0.3, -0.25) is 14.2 Å². The molecular weight excluding hydrogens is 300 g/mol. The molecule has 0 fully saturated rings. The highest BCUT2D eigenvalue weighted by Gasteiger charge is 2.14. The minimum absolute atomic E-state index is 0.183. The van der Waals surface area contributed by atoms with Crippen LogP contribution >= 0.6 is 0 Å². The van der Waals surface area contributed by atoms with Gasteiger partial charge < -0.3 is 5.32 Å². The van der Waals surface area contributed by atoms with E-state index in [0.29, 0.717) is 17.6 Å². The molecule has 4 nitrogen and oxygen atoms in total. The van der Waals surface area contributed by atoms with Crippen LogP contribution in [0.4, 0.5) is 0 Å².